The van der Waals surface area contributed by atoms with Gasteiger partial charge in [0.25, 0.3) is 20.2 Å². The second-order valence-corrected chi connectivity index (χ2v) is 12.5. The molecule has 0 bridgehead atoms. The van der Waals surface area contributed by atoms with E-state index < -0.39 is 30.0 Å². The van der Waals surface area contributed by atoms with Crippen LogP contribution in [0.5, 0.6) is 0 Å². The lowest BCUT2D eigenvalue weighted by atomic mass is 10.0. The fraction of sp³-hybridized carbons (Fsp3) is 0.138. The van der Waals surface area contributed by atoms with E-state index in [9.17, 15) is 25.9 Å². The second-order valence-electron chi connectivity index (χ2n) is 9.34. The molecule has 0 saturated carbocycles. The number of benzene rings is 4. The molecule has 4 aromatic rings. The predicted octanol–water partition coefficient (Wildman–Crippen LogP) is 3.26. The van der Waals surface area contributed by atoms with Gasteiger partial charge in [0, 0.05) is 24.7 Å². The average Bonchev–Trinajstić information content (AvgIpc) is 3.48. The normalized spacial score (nSPS) is 21.6. The number of nitrogens with zero attached hydrogens (tertiary/aromatic N) is 2. The van der Waals surface area contributed by atoms with Crippen LogP contribution in [0.25, 0.3) is 6.08 Å². The summed E-state index contributed by atoms with van der Waals surface area (Å²) >= 11 is 0. The van der Waals surface area contributed by atoms with E-state index in [0.717, 1.165) is 11.3 Å². The Hall–Kier alpha value is -3.83. The Kier molecular flexibility index (Phi) is 6.68. The maximum atomic E-state index is 12.1. The summed E-state index contributed by atoms with van der Waals surface area (Å²) in [6.07, 6.45) is 1.72. The molecule has 2 N–H and O–H groups in total. The van der Waals surface area contributed by atoms with Gasteiger partial charge in [-0.3, -0.25) is 14.1 Å². The van der Waals surface area contributed by atoms with Crippen LogP contribution in [0, 0.1) is 0 Å². The summed E-state index contributed by atoms with van der Waals surface area (Å²) in [5.41, 5.74) is 2.74. The summed E-state index contributed by atoms with van der Waals surface area (Å²) in [6, 6.07) is 31.9. The molecule has 39 heavy (non-hydrogen) atoms. The molecule has 0 spiro atoms. The summed E-state index contributed by atoms with van der Waals surface area (Å²) in [7, 11) is -7.01. The van der Waals surface area contributed by atoms with Gasteiger partial charge in [0.05, 0.1) is 5.36 Å². The van der Waals surface area contributed by atoms with Crippen LogP contribution in [0.4, 0.5) is 5.69 Å². The van der Waals surface area contributed by atoms with Gasteiger partial charge in [-0.15, -0.1) is 0 Å². The standard InChI is InChI=1S/C15H15NO3S.C14H11NO3S/c1-16-14-10-6-5-7-12(14)11-15(16,20(17,18)19)13-8-3-2-4-9-13;16-19(17,18)14(12-7-2-1-3-8-12)10-11-6-4-5-9-13(11)15-14/h2-10H,11H2,1H3,(H,17,18,19);1-10H,(H,16,17,18). The zero-order valence-electron chi connectivity index (χ0n) is 20.9. The fourth-order valence-electron chi connectivity index (χ4n) is 5.21. The number of rotatable bonds is 4. The van der Waals surface area contributed by atoms with Gasteiger partial charge >= 0.3 is 0 Å². The maximum Gasteiger partial charge on any atom is 0.299 e. The number of fused-ring (bicyclic) bond motifs is 2. The van der Waals surface area contributed by atoms with Crippen molar-refractivity contribution < 1.29 is 25.9 Å². The second kappa shape index (κ2) is 9.73. The van der Waals surface area contributed by atoms with Crippen molar-refractivity contribution in [3.05, 3.63) is 136 Å². The number of hydrogen-bond acceptors (Lipinski definition) is 6. The van der Waals surface area contributed by atoms with E-state index in [1.54, 1.807) is 90.8 Å². The summed E-state index contributed by atoms with van der Waals surface area (Å²) in [4.78, 5) is 2.69. The van der Waals surface area contributed by atoms with E-state index in [1.165, 1.54) is 6.08 Å². The molecule has 0 saturated heterocycles. The van der Waals surface area contributed by atoms with Crippen molar-refractivity contribution >= 4 is 32.0 Å². The highest BCUT2D eigenvalue weighted by atomic mass is 32.2. The van der Waals surface area contributed by atoms with Gasteiger partial charge in [-0.2, -0.15) is 16.8 Å². The monoisotopic (exact) mass is 562 g/mol. The van der Waals surface area contributed by atoms with Crippen LogP contribution in [0.15, 0.2) is 114 Å². The van der Waals surface area contributed by atoms with Gasteiger partial charge in [0.15, 0.2) is 4.87 Å². The molecule has 8 nitrogen and oxygen atoms in total. The Morgan fingerprint density at radius 1 is 0.692 bits per heavy atom. The first kappa shape index (κ1) is 26.8. The molecular weight excluding hydrogens is 536 g/mol. The van der Waals surface area contributed by atoms with Gasteiger partial charge in [0.1, 0.15) is 0 Å². The SMILES string of the molecule is CN1c2ccccc2CC1(c1ccccc1)S(=O)(=O)O.O=S(=O)(O)C1(c2ccccc2)C=c2ccccc2=N1. The minimum absolute atomic E-state index is 0.239. The Balaban J connectivity index is 0.000000158. The summed E-state index contributed by atoms with van der Waals surface area (Å²) < 4.78 is 67.5. The van der Waals surface area contributed by atoms with E-state index in [2.05, 4.69) is 4.99 Å². The molecule has 10 heteroatoms. The quantitative estimate of drug-likeness (QED) is 0.366. The molecule has 2 aliphatic heterocycles. The lowest BCUT2D eigenvalue weighted by Crippen LogP contribution is -2.48. The smallest absolute Gasteiger partial charge is 0.299 e. The lowest BCUT2D eigenvalue weighted by molar-refractivity contribution is 0.427. The predicted molar refractivity (Wildman–Crippen MR) is 150 cm³/mol. The Morgan fingerprint density at radius 3 is 1.79 bits per heavy atom. The van der Waals surface area contributed by atoms with Crippen molar-refractivity contribution in [3.8, 4) is 0 Å². The van der Waals surface area contributed by atoms with Crippen molar-refractivity contribution in [1.29, 1.82) is 0 Å². The molecular formula is C29H26N2O6S2. The first-order valence-corrected chi connectivity index (χ1v) is 14.9. The van der Waals surface area contributed by atoms with Crippen LogP contribution in [-0.4, -0.2) is 33.0 Å². The first-order valence-electron chi connectivity index (χ1n) is 12.0. The average molecular weight is 563 g/mol. The molecule has 2 aliphatic rings. The molecule has 0 aliphatic carbocycles. The fourth-order valence-corrected chi connectivity index (χ4v) is 7.35. The molecule has 0 aromatic heterocycles. The van der Waals surface area contributed by atoms with E-state index in [4.69, 9.17) is 0 Å². The van der Waals surface area contributed by atoms with Crippen LogP contribution in [0.2, 0.25) is 0 Å². The Morgan fingerprint density at radius 2 is 1.23 bits per heavy atom. The van der Waals surface area contributed by atoms with Gasteiger partial charge in [0.2, 0.25) is 4.87 Å². The summed E-state index contributed by atoms with van der Waals surface area (Å²) in [6.45, 7) is 0. The molecule has 2 heterocycles. The summed E-state index contributed by atoms with van der Waals surface area (Å²) in [5, 5.41) is 1.26. The Labute approximate surface area is 227 Å². The molecule has 0 amide bonds. The maximum absolute atomic E-state index is 12.1. The van der Waals surface area contributed by atoms with Gasteiger partial charge in [-0.1, -0.05) is 97.1 Å². The van der Waals surface area contributed by atoms with Crippen molar-refractivity contribution in [2.75, 3.05) is 11.9 Å². The molecule has 2 atom stereocenters. The molecule has 0 fully saturated rings. The topological polar surface area (TPSA) is 124 Å². The van der Waals surface area contributed by atoms with Crippen LogP contribution in [0.1, 0.15) is 16.7 Å². The molecule has 4 aromatic carbocycles. The lowest BCUT2D eigenvalue weighted by Gasteiger charge is -2.35. The minimum atomic E-state index is -4.41. The van der Waals surface area contributed by atoms with E-state index in [0.29, 0.717) is 21.7 Å². The van der Waals surface area contributed by atoms with Crippen molar-refractivity contribution in [3.63, 3.8) is 0 Å². The number of hydrogen-bond donors (Lipinski definition) is 2. The van der Waals surface area contributed by atoms with Gasteiger partial charge in [-0.05, 0) is 34.6 Å². The summed E-state index contributed by atoms with van der Waals surface area (Å²) in [5.74, 6) is 0. The minimum Gasteiger partial charge on any atom is -0.350 e. The highest BCUT2D eigenvalue weighted by Gasteiger charge is 2.53. The van der Waals surface area contributed by atoms with Crippen LogP contribution < -0.4 is 15.5 Å². The number of anilines is 1. The number of para-hydroxylation sites is 2. The Bertz CT molecular complexity index is 1830. The highest BCUT2D eigenvalue weighted by Crippen LogP contribution is 2.46. The molecule has 6 rings (SSSR count). The third-order valence-corrected chi connectivity index (χ3v) is 9.87. The highest BCUT2D eigenvalue weighted by molar-refractivity contribution is 7.87. The molecule has 200 valence electrons. The first-order chi connectivity index (χ1) is 18.5. The van der Waals surface area contributed by atoms with E-state index in [-0.39, 0.29) is 6.42 Å². The third kappa shape index (κ3) is 4.45. The van der Waals surface area contributed by atoms with Crippen LogP contribution in [0.3, 0.4) is 0 Å². The van der Waals surface area contributed by atoms with E-state index in [1.807, 2.05) is 30.3 Å². The van der Waals surface area contributed by atoms with Crippen LogP contribution in [-0.2, 0) is 36.4 Å². The third-order valence-electron chi connectivity index (χ3n) is 7.13. The van der Waals surface area contributed by atoms with Crippen molar-refractivity contribution in [2.24, 2.45) is 4.99 Å². The van der Waals surface area contributed by atoms with Crippen molar-refractivity contribution in [2.45, 2.75) is 16.2 Å². The van der Waals surface area contributed by atoms with Gasteiger partial charge in [-0.25, -0.2) is 0 Å². The zero-order valence-corrected chi connectivity index (χ0v) is 22.5. The number of likely N-dealkylation sites (N-methyl/N-ethyl adjacent to an activating group) is 1. The van der Waals surface area contributed by atoms with Crippen LogP contribution >= 0.6 is 0 Å². The zero-order chi connectivity index (χ0) is 27.9. The van der Waals surface area contributed by atoms with Gasteiger partial charge < -0.3 is 4.90 Å². The van der Waals surface area contributed by atoms with Crippen molar-refractivity contribution in [1.82, 2.24) is 0 Å². The molecule has 0 radical (unpaired) electrons. The largest absolute Gasteiger partial charge is 0.350 e. The molecule has 2 unspecified atom stereocenters. The van der Waals surface area contributed by atoms with E-state index >= 15 is 0 Å².